The number of aromatic nitrogens is 1. The number of piperazine rings is 1. The number of fused-ring (bicyclic) bond motifs is 1. The summed E-state index contributed by atoms with van der Waals surface area (Å²) in [4.78, 5) is 20.3. The molecule has 0 bridgehead atoms. The fourth-order valence-electron chi connectivity index (χ4n) is 2.61. The van der Waals surface area contributed by atoms with Crippen molar-refractivity contribution in [3.63, 3.8) is 0 Å². The summed E-state index contributed by atoms with van der Waals surface area (Å²) < 4.78 is 6.58. The van der Waals surface area contributed by atoms with Crippen molar-refractivity contribution in [2.75, 3.05) is 38.2 Å². The maximum absolute atomic E-state index is 11.4. The lowest BCUT2D eigenvalue weighted by molar-refractivity contribution is -0.129. The van der Waals surface area contributed by atoms with Crippen molar-refractivity contribution in [1.82, 2.24) is 9.88 Å². The molecule has 1 aromatic carbocycles. The summed E-state index contributed by atoms with van der Waals surface area (Å²) in [5, 5.41) is 1.01. The van der Waals surface area contributed by atoms with Gasteiger partial charge in [0.05, 0.1) is 11.8 Å². The van der Waals surface area contributed by atoms with Crippen molar-refractivity contribution in [2.24, 2.45) is 0 Å². The Morgan fingerprint density at radius 1 is 1.27 bits per heavy atom. The number of carbonyl (C=O) groups excluding carboxylic acids is 1. The maximum Gasteiger partial charge on any atom is 0.219 e. The highest BCUT2D eigenvalue weighted by molar-refractivity contribution is 7.22. The summed E-state index contributed by atoms with van der Waals surface area (Å²) in [7, 11) is 1.68. The molecule has 0 atom stereocenters. The van der Waals surface area contributed by atoms with Crippen LogP contribution < -0.4 is 9.64 Å². The van der Waals surface area contributed by atoms with Gasteiger partial charge in [0.25, 0.3) is 0 Å². The van der Waals surface area contributed by atoms with Crippen LogP contribution in [0.15, 0.2) is 12.1 Å². The molecule has 1 aromatic heterocycles. The molecule has 0 unspecified atom stereocenters. The van der Waals surface area contributed by atoms with Gasteiger partial charge in [0.15, 0.2) is 5.13 Å². The number of carbonyl (C=O) groups is 1. The van der Waals surface area contributed by atoms with Crippen LogP contribution in [0.2, 0.25) is 0 Å². The number of aryl methyl sites for hydroxylation is 1. The molecule has 0 N–H and O–H groups in total. The minimum atomic E-state index is 0. The molecular formula is C15H20ClN3O2S. The number of benzene rings is 1. The average molecular weight is 342 g/mol. The Morgan fingerprint density at radius 3 is 2.55 bits per heavy atom. The molecule has 3 rings (SSSR count). The molecule has 22 heavy (non-hydrogen) atoms. The summed E-state index contributed by atoms with van der Waals surface area (Å²) in [6.07, 6.45) is 0. The van der Waals surface area contributed by atoms with Gasteiger partial charge in [0.2, 0.25) is 5.91 Å². The van der Waals surface area contributed by atoms with Crippen LogP contribution in [0.1, 0.15) is 12.5 Å². The maximum atomic E-state index is 11.4. The van der Waals surface area contributed by atoms with E-state index in [1.165, 1.54) is 10.3 Å². The van der Waals surface area contributed by atoms with Gasteiger partial charge in [0, 0.05) is 33.1 Å². The molecule has 5 nitrogen and oxygen atoms in total. The number of hydrogen-bond donors (Lipinski definition) is 0. The number of thiazole rings is 1. The normalized spacial score (nSPS) is 14.9. The first-order chi connectivity index (χ1) is 10.1. The van der Waals surface area contributed by atoms with Gasteiger partial charge < -0.3 is 14.5 Å². The number of nitrogens with zero attached hydrogens (tertiary/aromatic N) is 3. The van der Waals surface area contributed by atoms with E-state index in [2.05, 4.69) is 17.9 Å². The van der Waals surface area contributed by atoms with Crippen molar-refractivity contribution >= 4 is 45.0 Å². The number of methoxy groups -OCH3 is 1. The van der Waals surface area contributed by atoms with Crippen LogP contribution in [0.4, 0.5) is 5.13 Å². The van der Waals surface area contributed by atoms with E-state index in [1.807, 2.05) is 11.0 Å². The molecule has 1 aliphatic rings. The predicted molar refractivity (Wildman–Crippen MR) is 92.6 cm³/mol. The third-order valence-electron chi connectivity index (χ3n) is 3.91. The fraction of sp³-hybridized carbons (Fsp3) is 0.467. The quantitative estimate of drug-likeness (QED) is 0.842. The van der Waals surface area contributed by atoms with Gasteiger partial charge >= 0.3 is 0 Å². The van der Waals surface area contributed by atoms with Crippen LogP contribution >= 0.6 is 23.7 Å². The second-order valence-electron chi connectivity index (χ2n) is 5.25. The van der Waals surface area contributed by atoms with E-state index >= 15 is 0 Å². The number of hydrogen-bond acceptors (Lipinski definition) is 5. The first-order valence-electron chi connectivity index (χ1n) is 7.04. The molecule has 0 saturated carbocycles. The first-order valence-corrected chi connectivity index (χ1v) is 7.86. The van der Waals surface area contributed by atoms with E-state index in [-0.39, 0.29) is 18.3 Å². The van der Waals surface area contributed by atoms with E-state index in [4.69, 9.17) is 9.72 Å². The Hall–Kier alpha value is -1.53. The second kappa shape index (κ2) is 6.71. The van der Waals surface area contributed by atoms with Crippen molar-refractivity contribution in [2.45, 2.75) is 13.8 Å². The van der Waals surface area contributed by atoms with Gasteiger partial charge in [-0.25, -0.2) is 4.98 Å². The molecule has 0 aliphatic carbocycles. The van der Waals surface area contributed by atoms with E-state index in [1.54, 1.807) is 25.4 Å². The monoisotopic (exact) mass is 341 g/mol. The summed E-state index contributed by atoms with van der Waals surface area (Å²) in [5.41, 5.74) is 2.16. The van der Waals surface area contributed by atoms with E-state index in [0.717, 1.165) is 42.6 Å². The Labute approximate surface area is 140 Å². The van der Waals surface area contributed by atoms with Gasteiger partial charge in [0.1, 0.15) is 11.3 Å². The molecule has 1 saturated heterocycles. The highest BCUT2D eigenvalue weighted by Crippen LogP contribution is 2.36. The highest BCUT2D eigenvalue weighted by atomic mass is 35.5. The summed E-state index contributed by atoms with van der Waals surface area (Å²) >= 11 is 1.70. The zero-order valence-electron chi connectivity index (χ0n) is 13.0. The lowest BCUT2D eigenvalue weighted by atomic mass is 10.2. The zero-order valence-corrected chi connectivity index (χ0v) is 14.6. The Bertz CT molecular complexity index is 681. The predicted octanol–water partition coefficient (Wildman–Crippen LogP) is 2.70. The number of anilines is 1. The summed E-state index contributed by atoms with van der Waals surface area (Å²) in [6.45, 7) is 6.92. The number of rotatable bonds is 2. The van der Waals surface area contributed by atoms with Gasteiger partial charge in [-0.2, -0.15) is 0 Å². The molecule has 1 aliphatic heterocycles. The highest BCUT2D eigenvalue weighted by Gasteiger charge is 2.22. The first kappa shape index (κ1) is 16.8. The van der Waals surface area contributed by atoms with E-state index < -0.39 is 0 Å². The average Bonchev–Trinajstić information content (AvgIpc) is 2.94. The SMILES string of the molecule is COc1ccc(C)c2sc(N3CCN(C(C)=O)CC3)nc12.Cl. The number of amides is 1. The molecule has 120 valence electrons. The standard InChI is InChI=1S/C15H19N3O2S.ClH/c1-10-4-5-12(20-3)13-14(10)21-15(16-13)18-8-6-17(7-9-18)11(2)19;/h4-5H,6-9H2,1-3H3;1H. The van der Waals surface area contributed by atoms with Crippen LogP contribution in [0.3, 0.4) is 0 Å². The molecule has 1 amide bonds. The van der Waals surface area contributed by atoms with Gasteiger partial charge in [-0.05, 0) is 18.6 Å². The molecule has 2 aromatic rings. The van der Waals surface area contributed by atoms with Crippen molar-refractivity contribution in [3.8, 4) is 5.75 Å². The van der Waals surface area contributed by atoms with Crippen LogP contribution in [-0.2, 0) is 4.79 Å². The molecule has 7 heteroatoms. The van der Waals surface area contributed by atoms with Crippen molar-refractivity contribution in [1.29, 1.82) is 0 Å². The smallest absolute Gasteiger partial charge is 0.219 e. The van der Waals surface area contributed by atoms with Gasteiger partial charge in [-0.15, -0.1) is 12.4 Å². The Balaban J connectivity index is 0.00000176. The molecule has 0 spiro atoms. The number of halogens is 1. The van der Waals surface area contributed by atoms with Crippen molar-refractivity contribution < 1.29 is 9.53 Å². The van der Waals surface area contributed by atoms with Crippen LogP contribution in [0.25, 0.3) is 10.2 Å². The third kappa shape index (κ3) is 2.98. The minimum Gasteiger partial charge on any atom is -0.494 e. The minimum absolute atomic E-state index is 0. The fourth-order valence-corrected chi connectivity index (χ4v) is 3.71. The van der Waals surface area contributed by atoms with E-state index in [0.29, 0.717) is 0 Å². The van der Waals surface area contributed by atoms with Crippen LogP contribution in [0, 0.1) is 6.92 Å². The number of ether oxygens (including phenoxy) is 1. The van der Waals surface area contributed by atoms with Crippen molar-refractivity contribution in [3.05, 3.63) is 17.7 Å². The molecular weight excluding hydrogens is 322 g/mol. The Morgan fingerprint density at radius 2 is 1.95 bits per heavy atom. The van der Waals surface area contributed by atoms with Crippen LogP contribution in [0.5, 0.6) is 5.75 Å². The van der Waals surface area contributed by atoms with Gasteiger partial charge in [-0.1, -0.05) is 17.4 Å². The van der Waals surface area contributed by atoms with Crippen LogP contribution in [-0.4, -0.2) is 49.1 Å². The van der Waals surface area contributed by atoms with Gasteiger partial charge in [-0.3, -0.25) is 4.79 Å². The molecule has 0 radical (unpaired) electrons. The summed E-state index contributed by atoms with van der Waals surface area (Å²) in [6, 6.07) is 4.03. The zero-order chi connectivity index (χ0) is 15.0. The lowest BCUT2D eigenvalue weighted by Crippen LogP contribution is -2.48. The topological polar surface area (TPSA) is 45.7 Å². The summed E-state index contributed by atoms with van der Waals surface area (Å²) in [5.74, 6) is 0.969. The third-order valence-corrected chi connectivity index (χ3v) is 5.16. The lowest BCUT2D eigenvalue weighted by Gasteiger charge is -2.33. The van der Waals surface area contributed by atoms with E-state index in [9.17, 15) is 4.79 Å². The largest absolute Gasteiger partial charge is 0.494 e. The Kier molecular flexibility index (Phi) is 5.13. The molecule has 1 fully saturated rings. The molecule has 2 heterocycles. The second-order valence-corrected chi connectivity index (χ2v) is 6.23.